The van der Waals surface area contributed by atoms with Gasteiger partial charge in [-0.2, -0.15) is 8.78 Å². The predicted molar refractivity (Wildman–Crippen MR) is 92.9 cm³/mol. The zero-order chi connectivity index (χ0) is 19.1. The lowest BCUT2D eigenvalue weighted by Gasteiger charge is -2.25. The van der Waals surface area contributed by atoms with Crippen molar-refractivity contribution in [2.24, 2.45) is 0 Å². The van der Waals surface area contributed by atoms with Crippen molar-refractivity contribution in [1.82, 2.24) is 10.2 Å². The maximum absolute atomic E-state index is 13.1. The van der Waals surface area contributed by atoms with Gasteiger partial charge in [-0.15, -0.1) is 0 Å². The fraction of sp³-hybridized carbons (Fsp3) is 0.278. The number of alkyl halides is 2. The van der Waals surface area contributed by atoms with Crippen molar-refractivity contribution in [1.29, 1.82) is 0 Å². The molecule has 0 spiro atoms. The van der Waals surface area contributed by atoms with Gasteiger partial charge in [0.15, 0.2) is 0 Å². The van der Waals surface area contributed by atoms with E-state index in [9.17, 15) is 18.0 Å². The molecule has 0 radical (unpaired) electrons. The first-order valence-electron chi connectivity index (χ1n) is 7.87. The van der Waals surface area contributed by atoms with Crippen LogP contribution in [0.4, 0.5) is 23.7 Å². The number of hydrogen-bond acceptors (Lipinski definition) is 3. The third kappa shape index (κ3) is 5.66. The number of carbonyl (C=O) groups is 1. The highest BCUT2D eigenvalue weighted by atomic mass is 19.3. The summed E-state index contributed by atoms with van der Waals surface area (Å²) in [5.41, 5.74) is 0.964. The van der Waals surface area contributed by atoms with Crippen LogP contribution in [0.5, 0.6) is 5.75 Å². The fourth-order valence-electron chi connectivity index (χ4n) is 2.41. The van der Waals surface area contributed by atoms with Gasteiger partial charge in [0.2, 0.25) is 0 Å². The Bertz CT molecular complexity index is 724. The van der Waals surface area contributed by atoms with Crippen molar-refractivity contribution >= 4 is 11.7 Å². The van der Waals surface area contributed by atoms with Crippen LogP contribution in [-0.4, -0.2) is 38.2 Å². The Balaban J connectivity index is 2.00. The molecule has 0 fully saturated rings. The van der Waals surface area contributed by atoms with Crippen LogP contribution in [0.15, 0.2) is 48.5 Å². The molecule has 0 aromatic heterocycles. The van der Waals surface area contributed by atoms with E-state index in [1.807, 2.05) is 19.0 Å². The highest BCUT2D eigenvalue weighted by Crippen LogP contribution is 2.25. The number of hydrogen-bond donors (Lipinski definition) is 2. The summed E-state index contributed by atoms with van der Waals surface area (Å²) in [6.07, 6.45) is 0. The van der Waals surface area contributed by atoms with E-state index in [0.717, 1.165) is 5.56 Å². The number of rotatable bonds is 7. The molecule has 0 aliphatic rings. The van der Waals surface area contributed by atoms with Gasteiger partial charge in [-0.25, -0.2) is 9.18 Å². The number of amides is 2. The Labute approximate surface area is 149 Å². The number of anilines is 1. The van der Waals surface area contributed by atoms with E-state index in [1.165, 1.54) is 30.3 Å². The van der Waals surface area contributed by atoms with E-state index in [1.54, 1.807) is 18.2 Å². The molecule has 1 atom stereocenters. The molecule has 2 aromatic carbocycles. The number of para-hydroxylation sites is 2. The lowest BCUT2D eigenvalue weighted by molar-refractivity contribution is -0.0493. The lowest BCUT2D eigenvalue weighted by atomic mass is 10.1. The molecule has 0 aliphatic carbocycles. The molecule has 2 amide bonds. The SMILES string of the molecule is CN(C)C(CNC(=O)Nc1ccccc1OC(F)F)c1ccc(F)cc1. The standard InChI is InChI=1S/C18H20F3N3O2/c1-24(2)15(12-7-9-13(19)10-8-12)11-22-18(25)23-14-5-3-4-6-16(14)26-17(20)21/h3-10,15,17H,11H2,1-2H3,(H2,22,23,25). The molecule has 2 N–H and O–H groups in total. The maximum Gasteiger partial charge on any atom is 0.387 e. The van der Waals surface area contributed by atoms with Gasteiger partial charge in [0, 0.05) is 6.54 Å². The molecule has 140 valence electrons. The summed E-state index contributed by atoms with van der Waals surface area (Å²) in [7, 11) is 3.67. The second kappa shape index (κ2) is 9.10. The summed E-state index contributed by atoms with van der Waals surface area (Å²) in [4.78, 5) is 14.0. The summed E-state index contributed by atoms with van der Waals surface area (Å²) >= 11 is 0. The first-order chi connectivity index (χ1) is 12.4. The average Bonchev–Trinajstić information content (AvgIpc) is 2.57. The predicted octanol–water partition coefficient (Wildman–Crippen LogP) is 3.85. The van der Waals surface area contributed by atoms with Gasteiger partial charge in [0.1, 0.15) is 11.6 Å². The van der Waals surface area contributed by atoms with Gasteiger partial charge < -0.3 is 20.3 Å². The van der Waals surface area contributed by atoms with Crippen LogP contribution < -0.4 is 15.4 Å². The third-order valence-corrected chi connectivity index (χ3v) is 3.69. The van der Waals surface area contributed by atoms with Crippen molar-refractivity contribution in [2.75, 3.05) is 26.0 Å². The normalized spacial score (nSPS) is 12.1. The highest BCUT2D eigenvalue weighted by Gasteiger charge is 2.16. The van der Waals surface area contributed by atoms with Gasteiger partial charge in [-0.1, -0.05) is 24.3 Å². The minimum Gasteiger partial charge on any atom is -0.433 e. The molecule has 2 rings (SSSR count). The van der Waals surface area contributed by atoms with Crippen LogP contribution in [0, 0.1) is 5.82 Å². The molecule has 26 heavy (non-hydrogen) atoms. The number of carbonyl (C=O) groups excluding carboxylic acids is 1. The number of nitrogens with one attached hydrogen (secondary N) is 2. The Hall–Kier alpha value is -2.74. The van der Waals surface area contributed by atoms with Crippen LogP contribution in [-0.2, 0) is 0 Å². The summed E-state index contributed by atoms with van der Waals surface area (Å²) in [5.74, 6) is -0.465. The first-order valence-corrected chi connectivity index (χ1v) is 7.87. The molecule has 2 aromatic rings. The van der Waals surface area contributed by atoms with Gasteiger partial charge in [-0.05, 0) is 43.9 Å². The molecule has 1 unspecified atom stereocenters. The van der Waals surface area contributed by atoms with Gasteiger partial charge in [0.05, 0.1) is 11.7 Å². The van der Waals surface area contributed by atoms with Gasteiger partial charge >= 0.3 is 12.6 Å². The zero-order valence-electron chi connectivity index (χ0n) is 14.4. The Morgan fingerprint density at radius 3 is 2.38 bits per heavy atom. The molecule has 0 saturated heterocycles. The van der Waals surface area contributed by atoms with Crippen LogP contribution in [0.25, 0.3) is 0 Å². The molecule has 0 bridgehead atoms. The quantitative estimate of drug-likeness (QED) is 0.782. The number of ether oxygens (including phenoxy) is 1. The maximum atomic E-state index is 13.1. The van der Waals surface area contributed by atoms with E-state index in [2.05, 4.69) is 15.4 Å². The number of halogens is 3. The van der Waals surface area contributed by atoms with Crippen molar-refractivity contribution < 1.29 is 22.7 Å². The van der Waals surface area contributed by atoms with E-state index in [0.29, 0.717) is 0 Å². The van der Waals surface area contributed by atoms with Crippen LogP contribution in [0.2, 0.25) is 0 Å². The third-order valence-electron chi connectivity index (χ3n) is 3.69. The van der Waals surface area contributed by atoms with E-state index >= 15 is 0 Å². The number of benzene rings is 2. The van der Waals surface area contributed by atoms with Crippen LogP contribution in [0.1, 0.15) is 11.6 Å². The van der Waals surface area contributed by atoms with Crippen molar-refractivity contribution in [2.45, 2.75) is 12.7 Å². The minimum atomic E-state index is -2.99. The monoisotopic (exact) mass is 367 g/mol. The van der Waals surface area contributed by atoms with E-state index in [4.69, 9.17) is 0 Å². The van der Waals surface area contributed by atoms with Crippen molar-refractivity contribution in [3.05, 3.63) is 59.9 Å². The van der Waals surface area contributed by atoms with Crippen LogP contribution >= 0.6 is 0 Å². The smallest absolute Gasteiger partial charge is 0.387 e. The van der Waals surface area contributed by atoms with E-state index in [-0.39, 0.29) is 29.8 Å². The molecular weight excluding hydrogens is 347 g/mol. The van der Waals surface area contributed by atoms with Crippen molar-refractivity contribution in [3.8, 4) is 5.75 Å². The largest absolute Gasteiger partial charge is 0.433 e. The summed E-state index contributed by atoms with van der Waals surface area (Å²) in [6.45, 7) is -2.75. The first kappa shape index (κ1) is 19.6. The molecule has 0 heterocycles. The number of likely N-dealkylation sites (N-methyl/N-ethyl adjacent to an activating group) is 1. The second-order valence-electron chi connectivity index (χ2n) is 5.74. The molecule has 0 saturated carbocycles. The number of nitrogens with zero attached hydrogens (tertiary/aromatic N) is 1. The van der Waals surface area contributed by atoms with Crippen molar-refractivity contribution in [3.63, 3.8) is 0 Å². The molecule has 8 heteroatoms. The topological polar surface area (TPSA) is 53.6 Å². The van der Waals surface area contributed by atoms with E-state index < -0.39 is 12.6 Å². The molecular formula is C18H20F3N3O2. The fourth-order valence-corrected chi connectivity index (χ4v) is 2.41. The van der Waals surface area contributed by atoms with Gasteiger partial charge in [-0.3, -0.25) is 0 Å². The highest BCUT2D eigenvalue weighted by molar-refractivity contribution is 5.90. The van der Waals surface area contributed by atoms with Crippen LogP contribution in [0.3, 0.4) is 0 Å². The second-order valence-corrected chi connectivity index (χ2v) is 5.74. The summed E-state index contributed by atoms with van der Waals surface area (Å²) < 4.78 is 42.3. The molecule has 0 aliphatic heterocycles. The van der Waals surface area contributed by atoms with Gasteiger partial charge in [0.25, 0.3) is 0 Å². The average molecular weight is 367 g/mol. The Kier molecular flexibility index (Phi) is 6.85. The summed E-state index contributed by atoms with van der Waals surface area (Å²) in [6, 6.07) is 11.2. The Morgan fingerprint density at radius 1 is 1.12 bits per heavy atom. The summed E-state index contributed by atoms with van der Waals surface area (Å²) in [5, 5.41) is 5.16. The zero-order valence-corrected chi connectivity index (χ0v) is 14.4. The Morgan fingerprint density at radius 2 is 1.77 bits per heavy atom. The number of urea groups is 1. The minimum absolute atomic E-state index is 0.125. The lowest BCUT2D eigenvalue weighted by Crippen LogP contribution is -2.37. The molecule has 5 nitrogen and oxygen atoms in total.